The van der Waals surface area contributed by atoms with Gasteiger partial charge in [0.25, 0.3) is 0 Å². The fourth-order valence-electron chi connectivity index (χ4n) is 1.81. The van der Waals surface area contributed by atoms with E-state index in [0.717, 1.165) is 12.0 Å². The number of hydrogen-bond donors (Lipinski definition) is 2. The summed E-state index contributed by atoms with van der Waals surface area (Å²) in [6.45, 7) is 8.69. The van der Waals surface area contributed by atoms with Gasteiger partial charge in [-0.15, -0.1) is 0 Å². The highest BCUT2D eigenvalue weighted by molar-refractivity contribution is 7.92. The van der Waals surface area contributed by atoms with E-state index < -0.39 is 14.6 Å². The molecule has 1 aromatic heterocycles. The van der Waals surface area contributed by atoms with Crippen molar-refractivity contribution in [3.05, 3.63) is 29.0 Å². The van der Waals surface area contributed by atoms with Crippen LogP contribution in [0.5, 0.6) is 0 Å². The Morgan fingerprint density at radius 2 is 2.00 bits per heavy atom. The van der Waals surface area contributed by atoms with Crippen molar-refractivity contribution in [1.29, 1.82) is 0 Å². The van der Waals surface area contributed by atoms with Gasteiger partial charge in [-0.3, -0.25) is 4.99 Å². The van der Waals surface area contributed by atoms with Crippen molar-refractivity contribution in [2.45, 2.75) is 38.9 Å². The number of pyridine rings is 1. The number of nitrogens with zero attached hydrogens (tertiary/aromatic N) is 2. The largest absolute Gasteiger partial charge is 0.357 e. The lowest BCUT2D eigenvalue weighted by molar-refractivity contribution is 0.560. The van der Waals surface area contributed by atoms with Crippen LogP contribution >= 0.6 is 11.6 Å². The van der Waals surface area contributed by atoms with E-state index in [1.165, 1.54) is 0 Å². The first-order valence-corrected chi connectivity index (χ1v) is 10.0. The van der Waals surface area contributed by atoms with Crippen LogP contribution in [0, 0.1) is 0 Å². The van der Waals surface area contributed by atoms with Crippen molar-refractivity contribution in [1.82, 2.24) is 15.6 Å². The molecule has 1 aromatic rings. The highest BCUT2D eigenvalue weighted by Gasteiger charge is 2.28. The van der Waals surface area contributed by atoms with E-state index in [-0.39, 0.29) is 12.3 Å². The van der Waals surface area contributed by atoms with Gasteiger partial charge in [-0.05, 0) is 45.7 Å². The molecule has 136 valence electrons. The first-order chi connectivity index (χ1) is 11.2. The molecule has 6 nitrogen and oxygen atoms in total. The maximum absolute atomic E-state index is 12.1. The fourth-order valence-corrected chi connectivity index (χ4v) is 2.86. The minimum Gasteiger partial charge on any atom is -0.357 e. The summed E-state index contributed by atoms with van der Waals surface area (Å²) in [4.78, 5) is 8.37. The summed E-state index contributed by atoms with van der Waals surface area (Å²) in [6, 6.07) is 3.69. The number of rotatable bonds is 7. The lowest BCUT2D eigenvalue weighted by Crippen LogP contribution is -2.39. The van der Waals surface area contributed by atoms with E-state index in [1.807, 2.05) is 13.0 Å². The van der Waals surface area contributed by atoms with Gasteiger partial charge in [0.2, 0.25) is 0 Å². The summed E-state index contributed by atoms with van der Waals surface area (Å²) in [5.41, 5.74) is 1.07. The third-order valence-electron chi connectivity index (χ3n) is 3.40. The molecular weight excluding hydrogens is 348 g/mol. The standard InChI is InChI=1S/C16H27ClN4O2S/c1-5-18-15(20-10-11-24(22,23)16(2,3)4)19-9-8-13-6-7-14(17)21-12-13/h6-7,12H,5,8-11H2,1-4H3,(H2,18,19,20). The predicted molar refractivity (Wildman–Crippen MR) is 100 cm³/mol. The van der Waals surface area contributed by atoms with Crippen LogP contribution in [-0.2, 0) is 16.3 Å². The zero-order chi connectivity index (χ0) is 18.2. The van der Waals surface area contributed by atoms with Gasteiger partial charge in [-0.1, -0.05) is 17.7 Å². The summed E-state index contributed by atoms with van der Waals surface area (Å²) in [6.07, 6.45) is 2.51. The molecule has 0 aliphatic heterocycles. The highest BCUT2D eigenvalue weighted by atomic mass is 35.5. The second-order valence-electron chi connectivity index (χ2n) is 6.36. The molecule has 0 atom stereocenters. The summed E-state index contributed by atoms with van der Waals surface area (Å²) >= 11 is 5.76. The minimum atomic E-state index is -3.16. The van der Waals surface area contributed by atoms with E-state index in [2.05, 4.69) is 20.6 Å². The Balaban J connectivity index is 2.52. The number of aromatic nitrogens is 1. The van der Waals surface area contributed by atoms with Crippen LogP contribution in [-0.4, -0.2) is 49.5 Å². The molecule has 0 unspecified atom stereocenters. The van der Waals surface area contributed by atoms with Crippen molar-refractivity contribution < 1.29 is 8.42 Å². The molecule has 0 aliphatic carbocycles. The molecule has 8 heteroatoms. The lowest BCUT2D eigenvalue weighted by Gasteiger charge is -2.18. The summed E-state index contributed by atoms with van der Waals surface area (Å²) in [5, 5.41) is 6.78. The van der Waals surface area contributed by atoms with Crippen LogP contribution < -0.4 is 10.6 Å². The van der Waals surface area contributed by atoms with Gasteiger partial charge in [0.1, 0.15) is 5.15 Å². The van der Waals surface area contributed by atoms with E-state index in [9.17, 15) is 8.42 Å². The monoisotopic (exact) mass is 374 g/mol. The van der Waals surface area contributed by atoms with E-state index in [0.29, 0.717) is 24.2 Å². The van der Waals surface area contributed by atoms with Gasteiger partial charge in [-0.2, -0.15) is 0 Å². The maximum atomic E-state index is 12.1. The Bertz CT molecular complexity index is 637. The van der Waals surface area contributed by atoms with Gasteiger partial charge < -0.3 is 10.6 Å². The van der Waals surface area contributed by atoms with Gasteiger partial charge in [0.05, 0.1) is 17.0 Å². The molecule has 0 fully saturated rings. The van der Waals surface area contributed by atoms with Crippen molar-refractivity contribution >= 4 is 27.4 Å². The fraction of sp³-hybridized carbons (Fsp3) is 0.625. The Kier molecular flexibility index (Phi) is 7.96. The Hall–Kier alpha value is -1.34. The predicted octanol–water partition coefficient (Wildman–Crippen LogP) is 2.05. The number of sulfone groups is 1. The molecule has 0 saturated heterocycles. The molecule has 2 N–H and O–H groups in total. The molecule has 0 radical (unpaired) electrons. The molecule has 0 bridgehead atoms. The van der Waals surface area contributed by atoms with Crippen LogP contribution in [0.1, 0.15) is 33.3 Å². The van der Waals surface area contributed by atoms with Crippen LogP contribution in [0.4, 0.5) is 0 Å². The highest BCUT2D eigenvalue weighted by Crippen LogP contribution is 2.15. The molecule has 0 amide bonds. The normalized spacial score (nSPS) is 13.0. The Morgan fingerprint density at radius 3 is 2.54 bits per heavy atom. The molecule has 0 saturated carbocycles. The Morgan fingerprint density at radius 1 is 1.29 bits per heavy atom. The lowest BCUT2D eigenvalue weighted by atomic mass is 10.2. The SMILES string of the molecule is CCNC(=NCCS(=O)(=O)C(C)(C)C)NCCc1ccc(Cl)nc1. The van der Waals surface area contributed by atoms with E-state index in [4.69, 9.17) is 11.6 Å². The van der Waals surface area contributed by atoms with Crippen LogP contribution in [0.25, 0.3) is 0 Å². The second-order valence-corrected chi connectivity index (χ2v) is 9.61. The molecule has 0 spiro atoms. The average Bonchev–Trinajstić information content (AvgIpc) is 2.48. The molecule has 0 aromatic carbocycles. The molecule has 1 rings (SSSR count). The first kappa shape index (κ1) is 20.7. The van der Waals surface area contributed by atoms with Gasteiger partial charge >= 0.3 is 0 Å². The number of guanidine groups is 1. The number of aliphatic imine (C=N–C) groups is 1. The van der Waals surface area contributed by atoms with Crippen LogP contribution in [0.15, 0.2) is 23.3 Å². The van der Waals surface area contributed by atoms with Gasteiger partial charge in [0, 0.05) is 19.3 Å². The second kappa shape index (κ2) is 9.22. The minimum absolute atomic E-state index is 0.0359. The van der Waals surface area contributed by atoms with Crippen LogP contribution in [0.3, 0.4) is 0 Å². The van der Waals surface area contributed by atoms with E-state index >= 15 is 0 Å². The molecule has 0 aliphatic rings. The van der Waals surface area contributed by atoms with Crippen molar-refractivity contribution in [3.8, 4) is 0 Å². The van der Waals surface area contributed by atoms with Crippen molar-refractivity contribution in [3.63, 3.8) is 0 Å². The molecule has 1 heterocycles. The summed E-state index contributed by atoms with van der Waals surface area (Å²) in [7, 11) is -3.16. The zero-order valence-electron chi connectivity index (χ0n) is 14.8. The molecule has 24 heavy (non-hydrogen) atoms. The Labute approximate surface area is 150 Å². The van der Waals surface area contributed by atoms with Crippen molar-refractivity contribution in [2.24, 2.45) is 4.99 Å². The van der Waals surface area contributed by atoms with Crippen molar-refractivity contribution in [2.75, 3.05) is 25.4 Å². The van der Waals surface area contributed by atoms with Gasteiger partial charge in [-0.25, -0.2) is 13.4 Å². The first-order valence-electron chi connectivity index (χ1n) is 8.00. The maximum Gasteiger partial charge on any atom is 0.191 e. The number of nitrogens with one attached hydrogen (secondary N) is 2. The van der Waals surface area contributed by atoms with E-state index in [1.54, 1.807) is 33.0 Å². The molecular formula is C16H27ClN4O2S. The summed E-state index contributed by atoms with van der Waals surface area (Å²) in [5.74, 6) is 0.650. The third kappa shape index (κ3) is 7.05. The third-order valence-corrected chi connectivity index (χ3v) is 6.21. The zero-order valence-corrected chi connectivity index (χ0v) is 16.3. The smallest absolute Gasteiger partial charge is 0.191 e. The summed E-state index contributed by atoms with van der Waals surface area (Å²) < 4.78 is 23.4. The number of halogens is 1. The average molecular weight is 375 g/mol. The van der Waals surface area contributed by atoms with Crippen LogP contribution in [0.2, 0.25) is 5.15 Å². The van der Waals surface area contributed by atoms with Gasteiger partial charge in [0.15, 0.2) is 15.8 Å². The quantitative estimate of drug-likeness (QED) is 0.433. The topological polar surface area (TPSA) is 83.5 Å². The number of hydrogen-bond acceptors (Lipinski definition) is 4.